The minimum absolute atomic E-state index is 0.473. The number of rotatable bonds is 7. The highest BCUT2D eigenvalue weighted by Gasteiger charge is 2.08. The van der Waals surface area contributed by atoms with E-state index >= 15 is 0 Å². The molecule has 0 amide bonds. The van der Waals surface area contributed by atoms with Gasteiger partial charge in [0, 0.05) is 12.1 Å². The minimum atomic E-state index is 0.473. The van der Waals surface area contributed by atoms with Crippen molar-refractivity contribution in [1.82, 2.24) is 4.90 Å². The summed E-state index contributed by atoms with van der Waals surface area (Å²) in [4.78, 5) is 2.29. The first-order valence-electron chi connectivity index (χ1n) is 5.75. The van der Waals surface area contributed by atoms with Crippen LogP contribution in [0, 0.1) is 6.92 Å². The van der Waals surface area contributed by atoms with Crippen molar-refractivity contribution in [3.8, 4) is 0 Å². The van der Waals surface area contributed by atoms with Crippen LogP contribution >= 0.6 is 0 Å². The lowest BCUT2D eigenvalue weighted by Crippen LogP contribution is -2.19. The molecule has 0 bridgehead atoms. The second-order valence-electron chi connectivity index (χ2n) is 4.17. The van der Waals surface area contributed by atoms with E-state index in [1.807, 2.05) is 13.0 Å². The Morgan fingerprint density at radius 3 is 2.88 bits per heavy atom. The fourth-order valence-electron chi connectivity index (χ4n) is 1.72. The highest BCUT2D eigenvalue weighted by atomic mass is 16.3. The molecule has 1 rings (SSSR count). The Balaban J connectivity index is 2.45. The molecule has 0 fully saturated rings. The Kier molecular flexibility index (Phi) is 5.29. The van der Waals surface area contributed by atoms with E-state index in [4.69, 9.17) is 10.2 Å². The lowest BCUT2D eigenvalue weighted by molar-refractivity contribution is 0.320. The molecule has 3 heteroatoms. The van der Waals surface area contributed by atoms with Gasteiger partial charge in [-0.15, -0.1) is 6.58 Å². The van der Waals surface area contributed by atoms with Crippen LogP contribution in [-0.2, 0) is 13.1 Å². The second kappa shape index (κ2) is 6.51. The molecule has 0 aliphatic rings. The Bertz CT molecular complexity index is 331. The molecule has 90 valence electrons. The van der Waals surface area contributed by atoms with Gasteiger partial charge in [0.15, 0.2) is 0 Å². The fraction of sp³-hybridized carbons (Fsp3) is 0.538. The third-order valence-electron chi connectivity index (χ3n) is 2.66. The van der Waals surface area contributed by atoms with Crippen LogP contribution in [0.4, 0.5) is 0 Å². The molecule has 2 N–H and O–H groups in total. The minimum Gasteiger partial charge on any atom is -0.465 e. The Hall–Kier alpha value is -1.06. The van der Waals surface area contributed by atoms with Crippen molar-refractivity contribution in [1.29, 1.82) is 0 Å². The Labute approximate surface area is 97.9 Å². The van der Waals surface area contributed by atoms with Gasteiger partial charge in [0.1, 0.15) is 11.5 Å². The standard InChI is InChI=1S/C13H22N2O/c1-4-5-6-7-15(3)10-12-8-13(9-14)16-11(12)2/h4,8H,1,5-7,9-10,14H2,2-3H3. The summed E-state index contributed by atoms with van der Waals surface area (Å²) in [5, 5.41) is 0. The molecule has 16 heavy (non-hydrogen) atoms. The summed E-state index contributed by atoms with van der Waals surface area (Å²) in [6.45, 7) is 8.19. The van der Waals surface area contributed by atoms with E-state index in [1.165, 1.54) is 5.56 Å². The van der Waals surface area contributed by atoms with Crippen molar-refractivity contribution in [3.05, 3.63) is 35.8 Å². The van der Waals surface area contributed by atoms with Gasteiger partial charge in [-0.1, -0.05) is 6.08 Å². The average molecular weight is 222 g/mol. The van der Waals surface area contributed by atoms with E-state index in [2.05, 4.69) is 24.6 Å². The van der Waals surface area contributed by atoms with Crippen LogP contribution in [0.2, 0.25) is 0 Å². The number of nitrogens with two attached hydrogens (primary N) is 1. The van der Waals surface area contributed by atoms with E-state index in [1.54, 1.807) is 0 Å². The molecule has 0 aromatic carbocycles. The normalized spacial score (nSPS) is 11.0. The van der Waals surface area contributed by atoms with Crippen molar-refractivity contribution in [2.24, 2.45) is 5.73 Å². The molecule has 0 aliphatic carbocycles. The van der Waals surface area contributed by atoms with Crippen LogP contribution in [0.15, 0.2) is 23.1 Å². The summed E-state index contributed by atoms with van der Waals surface area (Å²) in [6.07, 6.45) is 4.19. The van der Waals surface area contributed by atoms with Crippen molar-refractivity contribution in [2.45, 2.75) is 32.9 Å². The third kappa shape index (κ3) is 3.83. The first kappa shape index (κ1) is 13.0. The molecule has 1 aromatic rings. The molecule has 1 aromatic heterocycles. The summed E-state index contributed by atoms with van der Waals surface area (Å²) >= 11 is 0. The molecule has 0 radical (unpaired) electrons. The van der Waals surface area contributed by atoms with Crippen LogP contribution < -0.4 is 5.73 Å². The van der Waals surface area contributed by atoms with E-state index in [-0.39, 0.29) is 0 Å². The van der Waals surface area contributed by atoms with E-state index in [0.29, 0.717) is 6.54 Å². The van der Waals surface area contributed by atoms with Crippen LogP contribution in [0.5, 0.6) is 0 Å². The van der Waals surface area contributed by atoms with Crippen LogP contribution in [0.3, 0.4) is 0 Å². The van der Waals surface area contributed by atoms with Gasteiger partial charge in [-0.2, -0.15) is 0 Å². The zero-order valence-electron chi connectivity index (χ0n) is 10.3. The fourth-order valence-corrected chi connectivity index (χ4v) is 1.72. The Morgan fingerprint density at radius 1 is 1.56 bits per heavy atom. The number of aryl methyl sites for hydroxylation is 1. The number of hydrogen-bond donors (Lipinski definition) is 1. The molecule has 0 atom stereocenters. The number of furan rings is 1. The van der Waals surface area contributed by atoms with Crippen molar-refractivity contribution >= 4 is 0 Å². The molecule has 0 unspecified atom stereocenters. The number of hydrogen-bond acceptors (Lipinski definition) is 3. The highest BCUT2D eigenvalue weighted by Crippen LogP contribution is 2.16. The van der Waals surface area contributed by atoms with Crippen molar-refractivity contribution in [3.63, 3.8) is 0 Å². The summed E-state index contributed by atoms with van der Waals surface area (Å²) in [6, 6.07) is 2.05. The van der Waals surface area contributed by atoms with E-state index < -0.39 is 0 Å². The zero-order chi connectivity index (χ0) is 12.0. The number of unbranched alkanes of at least 4 members (excludes halogenated alkanes) is 1. The molecule has 0 aliphatic heterocycles. The third-order valence-corrected chi connectivity index (χ3v) is 2.66. The van der Waals surface area contributed by atoms with Gasteiger partial charge in [-0.05, 0) is 39.4 Å². The van der Waals surface area contributed by atoms with Crippen molar-refractivity contribution < 1.29 is 4.42 Å². The van der Waals surface area contributed by atoms with E-state index in [0.717, 1.165) is 37.5 Å². The number of allylic oxidation sites excluding steroid dienone is 1. The van der Waals surface area contributed by atoms with Gasteiger partial charge in [0.05, 0.1) is 6.54 Å². The van der Waals surface area contributed by atoms with Gasteiger partial charge < -0.3 is 15.1 Å². The molecule has 0 saturated carbocycles. The zero-order valence-corrected chi connectivity index (χ0v) is 10.3. The van der Waals surface area contributed by atoms with Gasteiger partial charge in [0.2, 0.25) is 0 Å². The molecule has 1 heterocycles. The first-order chi connectivity index (χ1) is 7.67. The summed E-state index contributed by atoms with van der Waals surface area (Å²) < 4.78 is 5.52. The largest absolute Gasteiger partial charge is 0.465 e. The SMILES string of the molecule is C=CCCCN(C)Cc1cc(CN)oc1C. The van der Waals surface area contributed by atoms with Gasteiger partial charge in [-0.25, -0.2) is 0 Å². The van der Waals surface area contributed by atoms with Crippen LogP contribution in [0.1, 0.15) is 29.9 Å². The molecule has 3 nitrogen and oxygen atoms in total. The smallest absolute Gasteiger partial charge is 0.118 e. The monoisotopic (exact) mass is 222 g/mol. The second-order valence-corrected chi connectivity index (χ2v) is 4.17. The topological polar surface area (TPSA) is 42.4 Å². The summed E-state index contributed by atoms with van der Waals surface area (Å²) in [5.74, 6) is 1.85. The maximum Gasteiger partial charge on any atom is 0.118 e. The average Bonchev–Trinajstić information content (AvgIpc) is 2.60. The predicted octanol–water partition coefficient (Wildman–Crippen LogP) is 2.44. The van der Waals surface area contributed by atoms with Crippen LogP contribution in [-0.4, -0.2) is 18.5 Å². The van der Waals surface area contributed by atoms with Gasteiger partial charge in [-0.3, -0.25) is 0 Å². The molecule has 0 saturated heterocycles. The van der Waals surface area contributed by atoms with Crippen LogP contribution in [0.25, 0.3) is 0 Å². The quantitative estimate of drug-likeness (QED) is 0.569. The lowest BCUT2D eigenvalue weighted by Gasteiger charge is -2.15. The molecule has 0 spiro atoms. The molecular weight excluding hydrogens is 200 g/mol. The first-order valence-corrected chi connectivity index (χ1v) is 5.75. The Morgan fingerprint density at radius 2 is 2.31 bits per heavy atom. The van der Waals surface area contributed by atoms with Gasteiger partial charge >= 0.3 is 0 Å². The summed E-state index contributed by atoms with van der Waals surface area (Å²) in [5.41, 5.74) is 6.78. The van der Waals surface area contributed by atoms with Gasteiger partial charge in [0.25, 0.3) is 0 Å². The number of nitrogens with zero attached hydrogens (tertiary/aromatic N) is 1. The maximum absolute atomic E-state index is 5.54. The van der Waals surface area contributed by atoms with Crippen molar-refractivity contribution in [2.75, 3.05) is 13.6 Å². The molecular formula is C13H22N2O. The highest BCUT2D eigenvalue weighted by molar-refractivity contribution is 5.20. The maximum atomic E-state index is 5.54. The lowest BCUT2D eigenvalue weighted by atomic mass is 10.2. The van der Waals surface area contributed by atoms with E-state index in [9.17, 15) is 0 Å². The predicted molar refractivity (Wildman–Crippen MR) is 67.1 cm³/mol. The summed E-state index contributed by atoms with van der Waals surface area (Å²) in [7, 11) is 2.12.